The average molecular weight is 361 g/mol. The molecule has 0 radical (unpaired) electrons. The maximum atomic E-state index is 12.9. The van der Waals surface area contributed by atoms with E-state index in [1.807, 2.05) is 0 Å². The SMILES string of the molecule is O=C(COc1ccc(Cl)cc1)NCc1cc(-c2ccc(F)cc2)on1. The van der Waals surface area contributed by atoms with Gasteiger partial charge in [0.25, 0.3) is 5.91 Å². The Hall–Kier alpha value is -2.86. The van der Waals surface area contributed by atoms with Gasteiger partial charge in [0.05, 0.1) is 6.54 Å². The number of nitrogens with one attached hydrogen (secondary N) is 1. The fourth-order valence-electron chi connectivity index (χ4n) is 2.07. The Kier molecular flexibility index (Phi) is 5.30. The first kappa shape index (κ1) is 17.0. The minimum Gasteiger partial charge on any atom is -0.484 e. The van der Waals surface area contributed by atoms with Crippen LogP contribution in [0, 0.1) is 5.82 Å². The Morgan fingerprint density at radius 3 is 2.60 bits per heavy atom. The normalized spacial score (nSPS) is 10.5. The highest BCUT2D eigenvalue weighted by Crippen LogP contribution is 2.20. The highest BCUT2D eigenvalue weighted by molar-refractivity contribution is 6.30. The van der Waals surface area contributed by atoms with E-state index < -0.39 is 0 Å². The van der Waals surface area contributed by atoms with Crippen molar-refractivity contribution in [2.24, 2.45) is 0 Å². The van der Waals surface area contributed by atoms with Crippen molar-refractivity contribution in [2.45, 2.75) is 6.54 Å². The van der Waals surface area contributed by atoms with Crippen LogP contribution in [0.15, 0.2) is 59.1 Å². The van der Waals surface area contributed by atoms with E-state index in [0.717, 1.165) is 0 Å². The summed E-state index contributed by atoms with van der Waals surface area (Å²) in [5.41, 5.74) is 1.26. The van der Waals surface area contributed by atoms with Gasteiger partial charge >= 0.3 is 0 Å². The molecule has 1 aromatic heterocycles. The second-order valence-corrected chi connectivity index (χ2v) is 5.65. The van der Waals surface area contributed by atoms with E-state index in [2.05, 4.69) is 10.5 Å². The lowest BCUT2D eigenvalue weighted by atomic mass is 10.1. The molecule has 2 aromatic carbocycles. The van der Waals surface area contributed by atoms with Gasteiger partial charge in [-0.1, -0.05) is 16.8 Å². The molecular weight excluding hydrogens is 347 g/mol. The third-order valence-electron chi connectivity index (χ3n) is 3.34. The summed E-state index contributed by atoms with van der Waals surface area (Å²) >= 11 is 5.78. The fraction of sp³-hybridized carbons (Fsp3) is 0.111. The number of halogens is 2. The molecule has 0 saturated carbocycles. The van der Waals surface area contributed by atoms with Crippen molar-refractivity contribution >= 4 is 17.5 Å². The van der Waals surface area contributed by atoms with Crippen LogP contribution in [-0.4, -0.2) is 17.7 Å². The molecule has 0 bridgehead atoms. The van der Waals surface area contributed by atoms with Gasteiger partial charge in [-0.25, -0.2) is 4.39 Å². The molecule has 0 aliphatic rings. The quantitative estimate of drug-likeness (QED) is 0.725. The first-order valence-electron chi connectivity index (χ1n) is 7.47. The number of rotatable bonds is 6. The van der Waals surface area contributed by atoms with Crippen molar-refractivity contribution in [3.63, 3.8) is 0 Å². The number of hydrogen-bond donors (Lipinski definition) is 1. The largest absolute Gasteiger partial charge is 0.484 e. The molecule has 25 heavy (non-hydrogen) atoms. The standard InChI is InChI=1S/C18H14ClFN2O3/c19-13-3-7-16(8-4-13)24-11-18(23)21-10-15-9-17(25-22-15)12-1-5-14(20)6-2-12/h1-9H,10-11H2,(H,21,23). The number of carbonyl (C=O) groups excluding carboxylic acids is 1. The lowest BCUT2D eigenvalue weighted by molar-refractivity contribution is -0.123. The van der Waals surface area contributed by atoms with E-state index in [0.29, 0.717) is 27.8 Å². The third kappa shape index (κ3) is 4.81. The minimum atomic E-state index is -0.323. The zero-order chi connectivity index (χ0) is 17.6. The second kappa shape index (κ2) is 7.81. The van der Waals surface area contributed by atoms with Crippen LogP contribution < -0.4 is 10.1 Å². The number of aromatic nitrogens is 1. The topological polar surface area (TPSA) is 64.4 Å². The Morgan fingerprint density at radius 2 is 1.88 bits per heavy atom. The van der Waals surface area contributed by atoms with Gasteiger partial charge in [-0.05, 0) is 48.5 Å². The summed E-state index contributed by atoms with van der Waals surface area (Å²) in [5.74, 6) is 0.443. The number of amides is 1. The predicted molar refractivity (Wildman–Crippen MR) is 90.7 cm³/mol. The van der Waals surface area contributed by atoms with Crippen LogP contribution >= 0.6 is 11.6 Å². The molecule has 0 aliphatic heterocycles. The van der Waals surface area contributed by atoms with Gasteiger partial charge in [0.15, 0.2) is 12.4 Å². The maximum absolute atomic E-state index is 12.9. The summed E-state index contributed by atoms with van der Waals surface area (Å²) in [6, 6.07) is 14.3. The van der Waals surface area contributed by atoms with Crippen LogP contribution in [-0.2, 0) is 11.3 Å². The number of hydrogen-bond acceptors (Lipinski definition) is 4. The van der Waals surface area contributed by atoms with E-state index in [1.165, 1.54) is 12.1 Å². The third-order valence-corrected chi connectivity index (χ3v) is 3.59. The highest BCUT2D eigenvalue weighted by Gasteiger charge is 2.09. The molecule has 3 aromatic rings. The van der Waals surface area contributed by atoms with Crippen molar-refractivity contribution < 1.29 is 18.4 Å². The Bertz CT molecular complexity index is 848. The molecule has 3 rings (SSSR count). The van der Waals surface area contributed by atoms with Gasteiger partial charge in [0.1, 0.15) is 17.3 Å². The Morgan fingerprint density at radius 1 is 1.16 bits per heavy atom. The number of benzene rings is 2. The average Bonchev–Trinajstić information content (AvgIpc) is 3.09. The molecule has 7 heteroatoms. The molecule has 0 spiro atoms. The zero-order valence-electron chi connectivity index (χ0n) is 13.0. The number of ether oxygens (including phenoxy) is 1. The molecule has 1 N–H and O–H groups in total. The van der Waals surface area contributed by atoms with Crippen LogP contribution in [0.1, 0.15) is 5.69 Å². The van der Waals surface area contributed by atoms with E-state index in [1.54, 1.807) is 42.5 Å². The molecule has 128 valence electrons. The minimum absolute atomic E-state index is 0.121. The maximum Gasteiger partial charge on any atom is 0.258 e. The molecule has 0 saturated heterocycles. The molecule has 1 amide bonds. The van der Waals surface area contributed by atoms with Gasteiger partial charge in [-0.2, -0.15) is 0 Å². The first-order valence-corrected chi connectivity index (χ1v) is 7.84. The van der Waals surface area contributed by atoms with Crippen molar-refractivity contribution in [2.75, 3.05) is 6.61 Å². The van der Waals surface area contributed by atoms with Crippen molar-refractivity contribution in [1.82, 2.24) is 10.5 Å². The summed E-state index contributed by atoms with van der Waals surface area (Å²) in [6.45, 7) is 0.0812. The molecule has 0 unspecified atom stereocenters. The van der Waals surface area contributed by atoms with E-state index in [-0.39, 0.29) is 24.9 Å². The summed E-state index contributed by atoms with van der Waals surface area (Å²) in [5, 5.41) is 7.16. The van der Waals surface area contributed by atoms with Gasteiger partial charge < -0.3 is 14.6 Å². The summed E-state index contributed by atoms with van der Waals surface area (Å²) < 4.78 is 23.5. The van der Waals surface area contributed by atoms with Gasteiger partial charge in [0, 0.05) is 16.7 Å². The van der Waals surface area contributed by atoms with E-state index in [9.17, 15) is 9.18 Å². The van der Waals surface area contributed by atoms with Crippen LogP contribution in [0.2, 0.25) is 5.02 Å². The molecule has 1 heterocycles. The lowest BCUT2D eigenvalue weighted by Gasteiger charge is -2.06. The predicted octanol–water partition coefficient (Wildman–Crippen LogP) is 3.83. The molecule has 0 fully saturated rings. The van der Waals surface area contributed by atoms with Gasteiger partial charge in [-0.15, -0.1) is 0 Å². The summed E-state index contributed by atoms with van der Waals surface area (Å²) in [7, 11) is 0. The first-order chi connectivity index (χ1) is 12.1. The van der Waals surface area contributed by atoms with Crippen LogP contribution in [0.5, 0.6) is 5.75 Å². The fourth-order valence-corrected chi connectivity index (χ4v) is 2.19. The van der Waals surface area contributed by atoms with Crippen LogP contribution in [0.25, 0.3) is 11.3 Å². The summed E-state index contributed by atoms with van der Waals surface area (Å²) in [4.78, 5) is 11.8. The molecule has 0 atom stereocenters. The van der Waals surface area contributed by atoms with Crippen LogP contribution in [0.3, 0.4) is 0 Å². The van der Waals surface area contributed by atoms with Crippen molar-refractivity contribution in [3.8, 4) is 17.1 Å². The Balaban J connectivity index is 1.49. The van der Waals surface area contributed by atoms with Crippen molar-refractivity contribution in [3.05, 3.63) is 71.1 Å². The van der Waals surface area contributed by atoms with E-state index >= 15 is 0 Å². The molecule has 5 nitrogen and oxygen atoms in total. The molecular formula is C18H14ClFN2O3. The second-order valence-electron chi connectivity index (χ2n) is 5.21. The van der Waals surface area contributed by atoms with Gasteiger partial charge in [-0.3, -0.25) is 4.79 Å². The van der Waals surface area contributed by atoms with E-state index in [4.69, 9.17) is 20.9 Å². The van der Waals surface area contributed by atoms with Gasteiger partial charge in [0.2, 0.25) is 0 Å². The zero-order valence-corrected chi connectivity index (χ0v) is 13.8. The lowest BCUT2D eigenvalue weighted by Crippen LogP contribution is -2.28. The number of nitrogens with zero attached hydrogens (tertiary/aromatic N) is 1. The molecule has 0 aliphatic carbocycles. The van der Waals surface area contributed by atoms with Crippen molar-refractivity contribution in [1.29, 1.82) is 0 Å². The number of carbonyl (C=O) groups is 1. The van der Waals surface area contributed by atoms with Crippen LogP contribution in [0.4, 0.5) is 4.39 Å². The monoisotopic (exact) mass is 360 g/mol. The smallest absolute Gasteiger partial charge is 0.258 e. The Labute approximate surface area is 148 Å². The highest BCUT2D eigenvalue weighted by atomic mass is 35.5. The summed E-state index contributed by atoms with van der Waals surface area (Å²) in [6.07, 6.45) is 0.